The van der Waals surface area contributed by atoms with Gasteiger partial charge in [0.1, 0.15) is 0 Å². The number of nitrogens with zero attached hydrogens (tertiary/aromatic N) is 2. The van der Waals surface area contributed by atoms with E-state index in [-0.39, 0.29) is 0 Å². The molecule has 3 nitrogen and oxygen atoms in total. The SMILES string of the molecule is CNCc1cc(-c2cnn(C)c2)ccc1Cl. The molecule has 1 heterocycles. The molecule has 84 valence electrons. The van der Waals surface area contributed by atoms with Gasteiger partial charge in [-0.15, -0.1) is 0 Å². The average Bonchev–Trinajstić information content (AvgIpc) is 2.69. The third kappa shape index (κ3) is 2.26. The van der Waals surface area contributed by atoms with Crippen LogP contribution in [0.2, 0.25) is 5.02 Å². The van der Waals surface area contributed by atoms with Crippen molar-refractivity contribution in [1.82, 2.24) is 15.1 Å². The Morgan fingerprint density at radius 2 is 2.19 bits per heavy atom. The number of halogens is 1. The average molecular weight is 236 g/mol. The van der Waals surface area contributed by atoms with Gasteiger partial charge < -0.3 is 5.32 Å². The van der Waals surface area contributed by atoms with Gasteiger partial charge in [0.25, 0.3) is 0 Å². The summed E-state index contributed by atoms with van der Waals surface area (Å²) in [6.07, 6.45) is 3.85. The van der Waals surface area contributed by atoms with Crippen LogP contribution in [-0.2, 0) is 13.6 Å². The highest BCUT2D eigenvalue weighted by atomic mass is 35.5. The van der Waals surface area contributed by atoms with Gasteiger partial charge in [0.2, 0.25) is 0 Å². The molecule has 16 heavy (non-hydrogen) atoms. The maximum absolute atomic E-state index is 6.11. The van der Waals surface area contributed by atoms with E-state index >= 15 is 0 Å². The number of hydrogen-bond acceptors (Lipinski definition) is 2. The van der Waals surface area contributed by atoms with E-state index in [1.54, 1.807) is 4.68 Å². The van der Waals surface area contributed by atoms with E-state index in [0.717, 1.165) is 28.3 Å². The summed E-state index contributed by atoms with van der Waals surface area (Å²) in [5, 5.41) is 8.06. The monoisotopic (exact) mass is 235 g/mol. The number of hydrogen-bond donors (Lipinski definition) is 1. The molecule has 0 fully saturated rings. The van der Waals surface area contributed by atoms with Gasteiger partial charge in [0, 0.05) is 30.4 Å². The van der Waals surface area contributed by atoms with Crippen LogP contribution in [-0.4, -0.2) is 16.8 Å². The summed E-state index contributed by atoms with van der Waals surface area (Å²) in [5.41, 5.74) is 3.35. The molecule has 0 bridgehead atoms. The molecule has 0 aliphatic heterocycles. The number of benzene rings is 1. The summed E-state index contributed by atoms with van der Waals surface area (Å²) in [5.74, 6) is 0. The fraction of sp³-hybridized carbons (Fsp3) is 0.250. The van der Waals surface area contributed by atoms with E-state index in [9.17, 15) is 0 Å². The van der Waals surface area contributed by atoms with Gasteiger partial charge in [-0.25, -0.2) is 0 Å². The summed E-state index contributed by atoms with van der Waals surface area (Å²) < 4.78 is 1.79. The molecule has 4 heteroatoms. The molecule has 0 aliphatic carbocycles. The maximum atomic E-state index is 6.11. The molecular weight excluding hydrogens is 222 g/mol. The smallest absolute Gasteiger partial charge is 0.0568 e. The second-order valence-corrected chi connectivity index (χ2v) is 4.15. The van der Waals surface area contributed by atoms with Crippen LogP contribution >= 0.6 is 11.6 Å². The molecule has 0 radical (unpaired) electrons. The minimum absolute atomic E-state index is 0.771. The first-order valence-electron chi connectivity index (χ1n) is 5.13. The van der Waals surface area contributed by atoms with Crippen LogP contribution in [0.4, 0.5) is 0 Å². The standard InChI is InChI=1S/C12H14ClN3/c1-14-6-10-5-9(3-4-12(10)13)11-7-15-16(2)8-11/h3-5,7-8,14H,6H2,1-2H3. The first-order valence-corrected chi connectivity index (χ1v) is 5.50. The third-order valence-corrected chi connectivity index (χ3v) is 2.82. The summed E-state index contributed by atoms with van der Waals surface area (Å²) in [6.45, 7) is 0.771. The molecule has 0 aliphatic rings. The van der Waals surface area contributed by atoms with Gasteiger partial charge in [0.05, 0.1) is 6.20 Å². The lowest BCUT2D eigenvalue weighted by molar-refractivity contribution is 0.768. The Kier molecular flexibility index (Phi) is 3.27. The van der Waals surface area contributed by atoms with E-state index in [2.05, 4.69) is 16.5 Å². The highest BCUT2D eigenvalue weighted by Crippen LogP contribution is 2.24. The molecule has 0 spiro atoms. The molecule has 1 aromatic carbocycles. The van der Waals surface area contributed by atoms with Crippen molar-refractivity contribution >= 4 is 11.6 Å². The minimum atomic E-state index is 0.771. The zero-order chi connectivity index (χ0) is 11.5. The Morgan fingerprint density at radius 3 is 2.81 bits per heavy atom. The predicted molar refractivity (Wildman–Crippen MR) is 66.4 cm³/mol. The molecular formula is C12H14ClN3. The third-order valence-electron chi connectivity index (χ3n) is 2.45. The summed E-state index contributed by atoms with van der Waals surface area (Å²) in [6, 6.07) is 6.03. The van der Waals surface area contributed by atoms with Crippen molar-refractivity contribution in [3.63, 3.8) is 0 Å². The van der Waals surface area contributed by atoms with Crippen molar-refractivity contribution in [2.45, 2.75) is 6.54 Å². The highest BCUT2D eigenvalue weighted by Gasteiger charge is 2.04. The van der Waals surface area contributed by atoms with Crippen molar-refractivity contribution in [3.05, 3.63) is 41.2 Å². The highest BCUT2D eigenvalue weighted by molar-refractivity contribution is 6.31. The van der Waals surface area contributed by atoms with E-state index in [1.807, 2.05) is 38.6 Å². The van der Waals surface area contributed by atoms with E-state index in [4.69, 9.17) is 11.6 Å². The normalized spacial score (nSPS) is 10.7. The lowest BCUT2D eigenvalue weighted by Gasteiger charge is -2.05. The zero-order valence-corrected chi connectivity index (χ0v) is 10.1. The van der Waals surface area contributed by atoms with Crippen LogP contribution in [0.25, 0.3) is 11.1 Å². The summed E-state index contributed by atoms with van der Waals surface area (Å²) in [7, 11) is 3.82. The topological polar surface area (TPSA) is 29.9 Å². The maximum Gasteiger partial charge on any atom is 0.0568 e. The summed E-state index contributed by atoms with van der Waals surface area (Å²) >= 11 is 6.11. The van der Waals surface area contributed by atoms with Crippen LogP contribution in [0.15, 0.2) is 30.6 Å². The van der Waals surface area contributed by atoms with Crippen molar-refractivity contribution in [2.75, 3.05) is 7.05 Å². The van der Waals surface area contributed by atoms with Gasteiger partial charge in [-0.05, 0) is 30.3 Å². The second-order valence-electron chi connectivity index (χ2n) is 3.74. The first kappa shape index (κ1) is 11.2. The lowest BCUT2D eigenvalue weighted by atomic mass is 10.1. The van der Waals surface area contributed by atoms with Crippen molar-refractivity contribution < 1.29 is 0 Å². The lowest BCUT2D eigenvalue weighted by Crippen LogP contribution is -2.05. The van der Waals surface area contributed by atoms with E-state index in [1.165, 1.54) is 0 Å². The largest absolute Gasteiger partial charge is 0.316 e. The number of nitrogens with one attached hydrogen (secondary N) is 1. The van der Waals surface area contributed by atoms with Crippen molar-refractivity contribution in [1.29, 1.82) is 0 Å². The number of aryl methyl sites for hydroxylation is 1. The Labute approximate surface area is 100 Å². The predicted octanol–water partition coefficient (Wildman–Crippen LogP) is 2.46. The van der Waals surface area contributed by atoms with Gasteiger partial charge in [-0.1, -0.05) is 17.7 Å². The van der Waals surface area contributed by atoms with E-state index in [0.29, 0.717) is 0 Å². The van der Waals surface area contributed by atoms with Gasteiger partial charge in [-0.3, -0.25) is 4.68 Å². The van der Waals surface area contributed by atoms with Crippen LogP contribution < -0.4 is 5.32 Å². The number of aromatic nitrogens is 2. The Balaban J connectivity index is 2.39. The molecule has 0 saturated carbocycles. The summed E-state index contributed by atoms with van der Waals surface area (Å²) in [4.78, 5) is 0. The molecule has 1 aromatic heterocycles. The first-order chi connectivity index (χ1) is 7.70. The van der Waals surface area contributed by atoms with Gasteiger partial charge in [-0.2, -0.15) is 5.10 Å². The van der Waals surface area contributed by atoms with Gasteiger partial charge in [0.15, 0.2) is 0 Å². The fourth-order valence-corrected chi connectivity index (χ4v) is 1.83. The van der Waals surface area contributed by atoms with Crippen LogP contribution in [0.3, 0.4) is 0 Å². The Hall–Kier alpha value is -1.32. The fourth-order valence-electron chi connectivity index (χ4n) is 1.65. The van der Waals surface area contributed by atoms with Crippen LogP contribution in [0.5, 0.6) is 0 Å². The molecule has 0 amide bonds. The van der Waals surface area contributed by atoms with Crippen LogP contribution in [0, 0.1) is 0 Å². The zero-order valence-electron chi connectivity index (χ0n) is 9.37. The van der Waals surface area contributed by atoms with Gasteiger partial charge >= 0.3 is 0 Å². The quantitative estimate of drug-likeness (QED) is 0.886. The van der Waals surface area contributed by atoms with Crippen molar-refractivity contribution in [3.8, 4) is 11.1 Å². The number of rotatable bonds is 3. The Bertz CT molecular complexity index is 491. The van der Waals surface area contributed by atoms with Crippen LogP contribution in [0.1, 0.15) is 5.56 Å². The molecule has 0 unspecified atom stereocenters. The minimum Gasteiger partial charge on any atom is -0.316 e. The molecule has 2 aromatic rings. The second kappa shape index (κ2) is 4.68. The molecule has 1 N–H and O–H groups in total. The van der Waals surface area contributed by atoms with Crippen molar-refractivity contribution in [2.24, 2.45) is 7.05 Å². The molecule has 0 saturated heterocycles. The molecule has 2 rings (SSSR count). The van der Waals surface area contributed by atoms with E-state index < -0.39 is 0 Å². The Morgan fingerprint density at radius 1 is 1.38 bits per heavy atom. The molecule has 0 atom stereocenters.